The number of fused-ring (bicyclic) bond motifs is 1. The quantitative estimate of drug-likeness (QED) is 0.160. The van der Waals surface area contributed by atoms with Crippen LogP contribution < -0.4 is 16.0 Å². The van der Waals surface area contributed by atoms with Crippen molar-refractivity contribution in [3.8, 4) is 0 Å². The van der Waals surface area contributed by atoms with Crippen LogP contribution in [0, 0.1) is 0 Å². The molecule has 224 valence electrons. The van der Waals surface area contributed by atoms with Crippen LogP contribution in [0.15, 0.2) is 73.1 Å². The van der Waals surface area contributed by atoms with Crippen LogP contribution in [0.5, 0.6) is 0 Å². The number of hydrogen-bond acceptors (Lipinski definition) is 8. The molecule has 1 aromatic heterocycles. The number of allylic oxidation sites excluding steroid dienone is 3. The Morgan fingerprint density at radius 1 is 1.12 bits per heavy atom. The average Bonchev–Trinajstić information content (AvgIpc) is 3.27. The number of aromatic nitrogens is 2. The van der Waals surface area contributed by atoms with E-state index in [1.165, 1.54) is 6.42 Å². The number of aliphatic imine (C=N–C) groups is 1. The standard InChI is InChI=1S/C32H50N8O/c1-7-13-28(23-34-22-26(3)35-19-11-9-10-18-33-8-2)14-12-15-29-31-30(37-39(29)6)27(4)40(25-36-31)24-32(41)16-20-38(5)21-17-32/h7-8,12-14,25,33-35,41H,1-4,9-11,15-24H2,5-6H3/b14-12-,28-13+. The summed E-state index contributed by atoms with van der Waals surface area (Å²) in [7, 11) is 4.03. The molecule has 2 aliphatic heterocycles. The molecular formula is C32H50N8O. The first kappa shape index (κ1) is 32.1. The minimum absolute atomic E-state index is 0.479. The zero-order valence-electron chi connectivity index (χ0n) is 25.2. The van der Waals surface area contributed by atoms with Crippen LogP contribution in [0.4, 0.5) is 5.69 Å². The maximum Gasteiger partial charge on any atom is 0.134 e. The van der Waals surface area contributed by atoms with Crippen molar-refractivity contribution in [2.24, 2.45) is 12.0 Å². The SMILES string of the molecule is C=C/C=C(\C=C/Cc1c2c(nn1C)C(=C)N(CC1(O)CCN(C)CC1)C=N2)CNCC(=C)NCCCCCNC=C. The Labute approximate surface area is 246 Å². The number of piperidine rings is 1. The van der Waals surface area contributed by atoms with Crippen LogP contribution in [0.2, 0.25) is 0 Å². The first-order chi connectivity index (χ1) is 19.8. The summed E-state index contributed by atoms with van der Waals surface area (Å²) in [6.45, 7) is 21.5. The summed E-state index contributed by atoms with van der Waals surface area (Å²) in [6.07, 6.45) is 17.2. The van der Waals surface area contributed by atoms with E-state index < -0.39 is 5.60 Å². The van der Waals surface area contributed by atoms with E-state index in [-0.39, 0.29) is 0 Å². The van der Waals surface area contributed by atoms with E-state index in [1.54, 1.807) is 12.5 Å². The van der Waals surface area contributed by atoms with Crippen molar-refractivity contribution in [2.45, 2.75) is 44.1 Å². The van der Waals surface area contributed by atoms with Gasteiger partial charge in [0, 0.05) is 58.4 Å². The van der Waals surface area contributed by atoms with Crippen molar-refractivity contribution in [3.63, 3.8) is 0 Å². The molecule has 0 aromatic carbocycles. The van der Waals surface area contributed by atoms with Crippen LogP contribution >= 0.6 is 0 Å². The third-order valence-electron chi connectivity index (χ3n) is 7.63. The van der Waals surface area contributed by atoms with E-state index in [0.29, 0.717) is 26.1 Å². The predicted molar refractivity (Wildman–Crippen MR) is 172 cm³/mol. The number of likely N-dealkylation sites (tertiary alicyclic amines) is 1. The lowest BCUT2D eigenvalue weighted by Gasteiger charge is -2.40. The Hall–Kier alpha value is -3.40. The largest absolute Gasteiger partial charge is 0.391 e. The van der Waals surface area contributed by atoms with Crippen LogP contribution in [-0.4, -0.2) is 89.5 Å². The van der Waals surface area contributed by atoms with Crippen molar-refractivity contribution in [2.75, 3.05) is 52.9 Å². The number of nitrogens with zero attached hydrogens (tertiary/aromatic N) is 5. The van der Waals surface area contributed by atoms with Crippen molar-refractivity contribution >= 4 is 17.7 Å². The normalized spacial score (nSPS) is 17.1. The number of aryl methyl sites for hydroxylation is 1. The van der Waals surface area contributed by atoms with Gasteiger partial charge < -0.3 is 30.9 Å². The molecule has 1 aromatic rings. The molecule has 1 fully saturated rings. The fourth-order valence-corrected chi connectivity index (χ4v) is 5.05. The predicted octanol–water partition coefficient (Wildman–Crippen LogP) is 3.63. The molecule has 0 atom stereocenters. The Morgan fingerprint density at radius 2 is 1.88 bits per heavy atom. The Kier molecular flexibility index (Phi) is 12.6. The second-order valence-corrected chi connectivity index (χ2v) is 11.1. The summed E-state index contributed by atoms with van der Waals surface area (Å²) in [5.74, 6) is 0. The minimum Gasteiger partial charge on any atom is -0.391 e. The number of rotatable bonds is 18. The van der Waals surface area contributed by atoms with Crippen LogP contribution in [0.3, 0.4) is 0 Å². The van der Waals surface area contributed by atoms with Gasteiger partial charge in [-0.15, -0.1) is 0 Å². The summed E-state index contributed by atoms with van der Waals surface area (Å²) in [4.78, 5) is 8.94. The van der Waals surface area contributed by atoms with E-state index in [4.69, 9.17) is 10.1 Å². The summed E-state index contributed by atoms with van der Waals surface area (Å²) in [6, 6.07) is 0. The first-order valence-corrected chi connectivity index (χ1v) is 14.7. The molecule has 9 nitrogen and oxygen atoms in total. The van der Waals surface area contributed by atoms with Gasteiger partial charge in [0.1, 0.15) is 11.4 Å². The van der Waals surface area contributed by atoms with E-state index in [1.807, 2.05) is 28.8 Å². The minimum atomic E-state index is -0.743. The monoisotopic (exact) mass is 562 g/mol. The number of nitrogens with one attached hydrogen (secondary N) is 3. The summed E-state index contributed by atoms with van der Waals surface area (Å²) >= 11 is 0. The van der Waals surface area contributed by atoms with Gasteiger partial charge in [-0.3, -0.25) is 4.68 Å². The van der Waals surface area contributed by atoms with Crippen LogP contribution in [-0.2, 0) is 13.5 Å². The van der Waals surface area contributed by atoms with Gasteiger partial charge in [0.25, 0.3) is 0 Å². The Balaban J connectivity index is 1.48. The molecule has 0 radical (unpaired) electrons. The van der Waals surface area contributed by atoms with Gasteiger partial charge in [-0.2, -0.15) is 5.10 Å². The molecule has 0 amide bonds. The highest BCUT2D eigenvalue weighted by Gasteiger charge is 2.35. The fourth-order valence-electron chi connectivity index (χ4n) is 5.05. The molecule has 0 unspecified atom stereocenters. The average molecular weight is 563 g/mol. The highest BCUT2D eigenvalue weighted by Crippen LogP contribution is 2.35. The third kappa shape index (κ3) is 9.88. The topological polar surface area (TPSA) is 93.0 Å². The molecule has 3 rings (SSSR count). The summed E-state index contributed by atoms with van der Waals surface area (Å²) in [5.41, 5.74) is 4.81. The van der Waals surface area contributed by atoms with E-state index >= 15 is 0 Å². The highest BCUT2D eigenvalue weighted by molar-refractivity contribution is 5.85. The molecule has 3 heterocycles. The maximum absolute atomic E-state index is 11.1. The lowest BCUT2D eigenvalue weighted by molar-refractivity contribution is -0.0227. The second-order valence-electron chi connectivity index (χ2n) is 11.1. The van der Waals surface area contributed by atoms with E-state index in [9.17, 15) is 5.11 Å². The second kappa shape index (κ2) is 16.1. The smallest absolute Gasteiger partial charge is 0.134 e. The molecule has 9 heteroatoms. The fraction of sp³-hybridized carbons (Fsp3) is 0.500. The molecular weight excluding hydrogens is 512 g/mol. The number of hydrogen-bond donors (Lipinski definition) is 4. The number of aliphatic hydroxyl groups is 1. The molecule has 2 aliphatic rings. The lowest BCUT2D eigenvalue weighted by Crippen LogP contribution is -2.49. The van der Waals surface area contributed by atoms with Crippen LogP contribution in [0.25, 0.3) is 5.70 Å². The molecule has 41 heavy (non-hydrogen) atoms. The number of unbranched alkanes of at least 4 members (excludes halogenated alkanes) is 2. The molecule has 0 bridgehead atoms. The van der Waals surface area contributed by atoms with Crippen molar-refractivity contribution in [3.05, 3.63) is 79.5 Å². The van der Waals surface area contributed by atoms with Gasteiger partial charge in [0.2, 0.25) is 0 Å². The summed E-state index contributed by atoms with van der Waals surface area (Å²) in [5, 5.41) is 25.8. The molecule has 4 N–H and O–H groups in total. The van der Waals surface area contributed by atoms with Gasteiger partial charge in [-0.05, 0) is 50.9 Å². The van der Waals surface area contributed by atoms with Crippen LogP contribution in [0.1, 0.15) is 43.5 Å². The third-order valence-corrected chi connectivity index (χ3v) is 7.63. The van der Waals surface area contributed by atoms with E-state index in [2.05, 4.69) is 66.4 Å². The van der Waals surface area contributed by atoms with Gasteiger partial charge in [0.15, 0.2) is 0 Å². The van der Waals surface area contributed by atoms with Crippen molar-refractivity contribution in [1.29, 1.82) is 0 Å². The maximum atomic E-state index is 11.1. The molecule has 0 aliphatic carbocycles. The highest BCUT2D eigenvalue weighted by atomic mass is 16.3. The van der Waals surface area contributed by atoms with E-state index in [0.717, 1.165) is 85.9 Å². The zero-order chi connectivity index (χ0) is 29.7. The van der Waals surface area contributed by atoms with Gasteiger partial charge in [-0.1, -0.05) is 50.6 Å². The summed E-state index contributed by atoms with van der Waals surface area (Å²) < 4.78 is 1.88. The molecule has 0 spiro atoms. The zero-order valence-corrected chi connectivity index (χ0v) is 25.2. The Morgan fingerprint density at radius 3 is 2.61 bits per heavy atom. The van der Waals surface area contributed by atoms with Gasteiger partial charge in [-0.25, -0.2) is 4.99 Å². The molecule has 0 saturated carbocycles. The molecule has 1 saturated heterocycles. The van der Waals surface area contributed by atoms with Gasteiger partial charge >= 0.3 is 0 Å². The first-order valence-electron chi connectivity index (χ1n) is 14.7. The Bertz CT molecular complexity index is 1140. The van der Waals surface area contributed by atoms with Gasteiger partial charge in [0.05, 0.1) is 29.9 Å². The lowest BCUT2D eigenvalue weighted by atomic mass is 9.91. The van der Waals surface area contributed by atoms with Crippen molar-refractivity contribution < 1.29 is 5.11 Å². The van der Waals surface area contributed by atoms with Crippen molar-refractivity contribution in [1.82, 2.24) is 35.5 Å². The number of β-amino-alcohol motifs (C(OH)–C–C–N with tert-alkyl or cyclic N) is 1.